The molecule has 0 atom stereocenters. The minimum atomic E-state index is 0. The molecule has 0 spiro atoms. The van der Waals surface area contributed by atoms with Gasteiger partial charge in [0.2, 0.25) is 0 Å². The maximum absolute atomic E-state index is 0. The zero-order valence-corrected chi connectivity index (χ0v) is 12.4. The third-order valence-corrected chi connectivity index (χ3v) is 0. The molecule has 0 saturated carbocycles. The first-order valence-corrected chi connectivity index (χ1v) is 0. The van der Waals surface area contributed by atoms with Gasteiger partial charge >= 0.3 is 0 Å². The van der Waals surface area contributed by atoms with Gasteiger partial charge in [0.05, 0.1) is 0 Å². The van der Waals surface area contributed by atoms with Crippen LogP contribution in [-0.4, -0.2) is 41.5 Å². The maximum Gasteiger partial charge on any atom is 0 e. The van der Waals surface area contributed by atoms with Gasteiger partial charge in [-0.3, -0.25) is 0 Å². The molecule has 29 valence electrons. The molecule has 0 aliphatic carbocycles. The van der Waals surface area contributed by atoms with Crippen molar-refractivity contribution in [3.05, 3.63) is 0 Å². The van der Waals surface area contributed by atoms with Crippen LogP contribution in [0.15, 0.2) is 0 Å². The quantitative estimate of drug-likeness (QED) is 0.507. The van der Waals surface area contributed by atoms with Gasteiger partial charge in [0.1, 0.15) is 0 Å². The van der Waals surface area contributed by atoms with Gasteiger partial charge in [-0.1, -0.05) is 0 Å². The Morgan fingerprint density at radius 2 is 1.00 bits per heavy atom. The number of rotatable bonds is 0. The van der Waals surface area contributed by atoms with Crippen LogP contribution in [0.1, 0.15) is 0 Å². The molecule has 0 saturated heterocycles. The monoisotopic (exact) mass is 355 g/mol. The van der Waals surface area contributed by atoms with Gasteiger partial charge in [-0.2, -0.15) is 13.5 Å². The Morgan fingerprint density at radius 1 is 1.00 bits per heavy atom. The van der Waals surface area contributed by atoms with E-state index in [1.165, 1.54) is 0 Å². The van der Waals surface area contributed by atoms with Crippen LogP contribution in [0.25, 0.3) is 0 Å². The SMILES string of the molecule is S.[Cu].[Ge].[Sn].[Zn]. The van der Waals surface area contributed by atoms with E-state index in [1.807, 2.05) is 0 Å². The molecule has 0 heterocycles. The molecule has 0 aliphatic heterocycles. The molecule has 0 N–H and O–H groups in total. The molecular formula is H2CuGeSSnZn. The summed E-state index contributed by atoms with van der Waals surface area (Å²) in [5, 5.41) is 0. The van der Waals surface area contributed by atoms with Crippen molar-refractivity contribution < 1.29 is 36.5 Å². The van der Waals surface area contributed by atoms with Crippen molar-refractivity contribution in [1.29, 1.82) is 0 Å². The van der Waals surface area contributed by atoms with Crippen molar-refractivity contribution in [1.82, 2.24) is 0 Å². The van der Waals surface area contributed by atoms with Gasteiger partial charge in [-0.25, -0.2) is 0 Å². The van der Waals surface area contributed by atoms with Gasteiger partial charge in [0, 0.05) is 78.1 Å². The van der Waals surface area contributed by atoms with Crippen LogP contribution < -0.4 is 0 Å². The van der Waals surface area contributed by atoms with E-state index in [-0.39, 0.29) is 91.5 Å². The second kappa shape index (κ2) is 29.0. The summed E-state index contributed by atoms with van der Waals surface area (Å²) in [4.78, 5) is 0. The zero-order valence-electron chi connectivity index (χ0n) is 2.51. The van der Waals surface area contributed by atoms with E-state index in [0.717, 1.165) is 0 Å². The summed E-state index contributed by atoms with van der Waals surface area (Å²) in [6.07, 6.45) is 0. The van der Waals surface area contributed by atoms with E-state index in [2.05, 4.69) is 0 Å². The van der Waals surface area contributed by atoms with E-state index in [4.69, 9.17) is 0 Å². The third kappa shape index (κ3) is 19.9. The maximum atomic E-state index is 0. The second-order valence-electron chi connectivity index (χ2n) is 0. The van der Waals surface area contributed by atoms with Crippen molar-refractivity contribution in [2.45, 2.75) is 0 Å². The fraction of sp³-hybridized carbons (Fsp3) is 0. The average Bonchev–Trinajstić information content (AvgIpc) is 0. The number of hydrogen-bond acceptors (Lipinski definition) is 0. The topological polar surface area (TPSA) is 0 Å². The number of hydrogen-bond donors (Lipinski definition) is 0. The van der Waals surface area contributed by atoms with Crippen LogP contribution >= 0.6 is 13.5 Å². The predicted octanol–water partition coefficient (Wildman–Crippen LogP) is -0.654. The van der Waals surface area contributed by atoms with Crippen molar-refractivity contribution in [2.75, 3.05) is 0 Å². The molecule has 9 radical (unpaired) electrons. The molecule has 0 unspecified atom stereocenters. The Hall–Kier alpha value is 2.83. The van der Waals surface area contributed by atoms with E-state index >= 15 is 0 Å². The van der Waals surface area contributed by atoms with Crippen molar-refractivity contribution >= 4 is 55.0 Å². The van der Waals surface area contributed by atoms with Gasteiger partial charge in [-0.05, 0) is 0 Å². The van der Waals surface area contributed by atoms with E-state index in [0.29, 0.717) is 0 Å². The minimum Gasteiger partial charge on any atom is -0.197 e. The first kappa shape index (κ1) is 45.5. The fourth-order valence-electron chi connectivity index (χ4n) is 0. The molecule has 0 aromatic heterocycles. The molecule has 0 amide bonds. The fourth-order valence-corrected chi connectivity index (χ4v) is 0. The van der Waals surface area contributed by atoms with Gasteiger partial charge in [-0.15, -0.1) is 0 Å². The Morgan fingerprint density at radius 3 is 1.00 bits per heavy atom. The van der Waals surface area contributed by atoms with E-state index in [9.17, 15) is 0 Å². The van der Waals surface area contributed by atoms with Gasteiger partial charge in [0.15, 0.2) is 0 Å². The Labute approximate surface area is 90.2 Å². The van der Waals surface area contributed by atoms with Crippen LogP contribution in [0.2, 0.25) is 0 Å². The molecule has 5 heavy (non-hydrogen) atoms. The van der Waals surface area contributed by atoms with Gasteiger partial charge in [0.25, 0.3) is 0 Å². The Bertz CT molecular complexity index is 11.6. The first-order chi connectivity index (χ1) is 0. The van der Waals surface area contributed by atoms with E-state index in [1.54, 1.807) is 0 Å². The molecule has 0 fully saturated rings. The van der Waals surface area contributed by atoms with Gasteiger partial charge < -0.3 is 0 Å². The molecule has 0 bridgehead atoms. The summed E-state index contributed by atoms with van der Waals surface area (Å²) >= 11 is 0. The Balaban J connectivity index is 0. The van der Waals surface area contributed by atoms with Crippen LogP contribution in [0.3, 0.4) is 0 Å². The third-order valence-electron chi connectivity index (χ3n) is 0. The van der Waals surface area contributed by atoms with Crippen molar-refractivity contribution in [3.63, 3.8) is 0 Å². The molecule has 0 aromatic carbocycles. The summed E-state index contributed by atoms with van der Waals surface area (Å²) in [6.45, 7) is 0. The minimum absolute atomic E-state index is 0. The summed E-state index contributed by atoms with van der Waals surface area (Å²) in [6, 6.07) is 0. The van der Waals surface area contributed by atoms with Crippen LogP contribution in [0.4, 0.5) is 0 Å². The summed E-state index contributed by atoms with van der Waals surface area (Å²) in [5.74, 6) is 0. The zero-order chi connectivity index (χ0) is 0. The second-order valence-corrected chi connectivity index (χ2v) is 0. The molecule has 0 aliphatic rings. The van der Waals surface area contributed by atoms with Crippen LogP contribution in [0, 0.1) is 0 Å². The largest absolute Gasteiger partial charge is 0.197 e. The normalized spacial score (nSPS) is 0. The molecule has 0 nitrogen and oxygen atoms in total. The molecule has 0 aromatic rings. The predicted molar refractivity (Wildman–Crippen MR) is 21.9 cm³/mol. The summed E-state index contributed by atoms with van der Waals surface area (Å²) in [7, 11) is 0. The van der Waals surface area contributed by atoms with Crippen LogP contribution in [0.5, 0.6) is 0 Å². The van der Waals surface area contributed by atoms with Crippen molar-refractivity contribution in [3.8, 4) is 0 Å². The average molecular weight is 354 g/mol. The smallest absolute Gasteiger partial charge is 0 e. The molecule has 0 rings (SSSR count). The summed E-state index contributed by atoms with van der Waals surface area (Å²) < 4.78 is 0. The standard InChI is InChI=1S/Cu.Ge.H2S.Sn.Zn/h;;1H2;;. The Kier molecular flexibility index (Phi) is 264. The van der Waals surface area contributed by atoms with Crippen molar-refractivity contribution in [2.24, 2.45) is 0 Å². The van der Waals surface area contributed by atoms with E-state index < -0.39 is 0 Å². The molecular weight excluding hydrogens is 352 g/mol. The molecule has 5 heteroatoms. The summed E-state index contributed by atoms with van der Waals surface area (Å²) in [5.41, 5.74) is 0. The first-order valence-electron chi connectivity index (χ1n) is 0. The van der Waals surface area contributed by atoms with Crippen LogP contribution in [-0.2, 0) is 36.5 Å².